The van der Waals surface area contributed by atoms with Crippen molar-refractivity contribution in [3.8, 4) is 0 Å². The van der Waals surface area contributed by atoms with Gasteiger partial charge >= 0.3 is 0 Å². The van der Waals surface area contributed by atoms with Crippen molar-refractivity contribution in [1.82, 2.24) is 0 Å². The molecule has 0 aliphatic heterocycles. The van der Waals surface area contributed by atoms with E-state index in [1.54, 1.807) is 0 Å². The number of allylic oxidation sites excluding steroid dienone is 2. The summed E-state index contributed by atoms with van der Waals surface area (Å²) < 4.78 is 0. The fourth-order valence-electron chi connectivity index (χ4n) is 2.01. The van der Waals surface area contributed by atoms with E-state index < -0.39 is 0 Å². The molecule has 0 saturated heterocycles. The molecule has 0 aromatic rings. The van der Waals surface area contributed by atoms with E-state index in [9.17, 15) is 0 Å². The molecule has 0 heterocycles. The third-order valence-corrected chi connectivity index (χ3v) is 3.19. The highest BCUT2D eigenvalue weighted by molar-refractivity contribution is 4.81. The maximum atomic E-state index is 2.38. The van der Waals surface area contributed by atoms with Gasteiger partial charge < -0.3 is 0 Å². The third kappa shape index (κ3) is 15.7. The lowest BCUT2D eigenvalue weighted by Crippen LogP contribution is -2.03. The molecule has 0 N–H and O–H groups in total. The topological polar surface area (TPSA) is 0 Å². The van der Waals surface area contributed by atoms with Crippen LogP contribution in [-0.2, 0) is 0 Å². The highest BCUT2D eigenvalue weighted by Crippen LogP contribution is 2.22. The molecule has 0 atom stereocenters. The van der Waals surface area contributed by atoms with E-state index in [1.807, 2.05) is 0 Å². The summed E-state index contributed by atoms with van der Waals surface area (Å²) in [6.07, 6.45) is 18.4. The molecule has 0 radical (unpaired) electrons. The van der Waals surface area contributed by atoms with E-state index in [0.29, 0.717) is 5.41 Å². The first-order chi connectivity index (χ1) is 8.06. The standard InChI is InChI=1S/C17H34/c1-5-6-7-8-9-10-11-12-13-14-15-16-17(2,3)4/h8-9H,5-7,10-16H2,1-4H3/b9-8+. The normalized spacial score (nSPS) is 12.5. The Morgan fingerprint density at radius 2 is 1.24 bits per heavy atom. The molecule has 0 nitrogen and oxygen atoms in total. The highest BCUT2D eigenvalue weighted by atomic mass is 14.1. The van der Waals surface area contributed by atoms with Crippen molar-refractivity contribution in [3.63, 3.8) is 0 Å². The van der Waals surface area contributed by atoms with Gasteiger partial charge in [-0.15, -0.1) is 0 Å². The van der Waals surface area contributed by atoms with Crippen LogP contribution in [0.15, 0.2) is 12.2 Å². The Bertz CT molecular complexity index is 171. The maximum Gasteiger partial charge on any atom is -0.0351 e. The van der Waals surface area contributed by atoms with Gasteiger partial charge in [-0.2, -0.15) is 0 Å². The van der Waals surface area contributed by atoms with Gasteiger partial charge in [-0.05, 0) is 31.1 Å². The van der Waals surface area contributed by atoms with E-state index >= 15 is 0 Å². The molecule has 17 heavy (non-hydrogen) atoms. The van der Waals surface area contributed by atoms with Crippen LogP contribution in [0.1, 0.15) is 91.9 Å². The summed E-state index contributed by atoms with van der Waals surface area (Å²) in [5.74, 6) is 0. The summed E-state index contributed by atoms with van der Waals surface area (Å²) in [5.41, 5.74) is 0.530. The molecule has 0 aliphatic rings. The summed E-state index contributed by atoms with van der Waals surface area (Å²) in [7, 11) is 0. The van der Waals surface area contributed by atoms with Crippen molar-refractivity contribution in [1.29, 1.82) is 0 Å². The molecule has 0 aromatic heterocycles. The van der Waals surface area contributed by atoms with Crippen molar-refractivity contribution in [2.75, 3.05) is 0 Å². The van der Waals surface area contributed by atoms with Crippen molar-refractivity contribution in [2.45, 2.75) is 91.9 Å². The predicted octanol–water partition coefficient (Wildman–Crippen LogP) is 6.51. The average molecular weight is 238 g/mol. The predicted molar refractivity (Wildman–Crippen MR) is 80.4 cm³/mol. The van der Waals surface area contributed by atoms with Crippen LogP contribution >= 0.6 is 0 Å². The summed E-state index contributed by atoms with van der Waals surface area (Å²) in [6.45, 7) is 9.28. The molecule has 0 rings (SSSR count). The van der Waals surface area contributed by atoms with E-state index in [1.165, 1.54) is 64.2 Å². The van der Waals surface area contributed by atoms with Crippen molar-refractivity contribution in [3.05, 3.63) is 12.2 Å². The Hall–Kier alpha value is -0.260. The summed E-state index contributed by atoms with van der Waals surface area (Å²) in [6, 6.07) is 0. The van der Waals surface area contributed by atoms with Gasteiger partial charge in [-0.3, -0.25) is 0 Å². The van der Waals surface area contributed by atoms with Gasteiger partial charge in [0.05, 0.1) is 0 Å². The van der Waals surface area contributed by atoms with Crippen LogP contribution in [-0.4, -0.2) is 0 Å². The SMILES string of the molecule is CCCC/C=C/CCCCCCCC(C)(C)C. The van der Waals surface area contributed by atoms with Gasteiger partial charge in [0, 0.05) is 0 Å². The molecule has 0 spiro atoms. The molecule has 0 fully saturated rings. The second kappa shape index (κ2) is 10.9. The average Bonchev–Trinajstić information content (AvgIpc) is 2.24. The largest absolute Gasteiger partial charge is 0.0885 e. The fourth-order valence-corrected chi connectivity index (χ4v) is 2.01. The zero-order valence-corrected chi connectivity index (χ0v) is 12.7. The summed E-state index contributed by atoms with van der Waals surface area (Å²) in [5, 5.41) is 0. The zero-order chi connectivity index (χ0) is 13.0. The van der Waals surface area contributed by atoms with Crippen LogP contribution in [0.2, 0.25) is 0 Å². The molecule has 0 aromatic carbocycles. The summed E-state index contributed by atoms with van der Waals surface area (Å²) in [4.78, 5) is 0. The van der Waals surface area contributed by atoms with E-state index in [2.05, 4.69) is 39.8 Å². The first-order valence-corrected chi connectivity index (χ1v) is 7.71. The summed E-state index contributed by atoms with van der Waals surface area (Å²) >= 11 is 0. The van der Waals surface area contributed by atoms with Crippen molar-refractivity contribution in [2.24, 2.45) is 5.41 Å². The Morgan fingerprint density at radius 1 is 0.706 bits per heavy atom. The Kier molecular flexibility index (Phi) is 10.7. The second-order valence-electron chi connectivity index (χ2n) is 6.48. The smallest absolute Gasteiger partial charge is 0.0351 e. The minimum atomic E-state index is 0.530. The van der Waals surface area contributed by atoms with Crippen molar-refractivity contribution < 1.29 is 0 Å². The monoisotopic (exact) mass is 238 g/mol. The van der Waals surface area contributed by atoms with Crippen LogP contribution in [0, 0.1) is 5.41 Å². The Balaban J connectivity index is 3.11. The van der Waals surface area contributed by atoms with E-state index in [0.717, 1.165) is 0 Å². The zero-order valence-electron chi connectivity index (χ0n) is 12.7. The molecule has 0 bridgehead atoms. The lowest BCUT2D eigenvalue weighted by atomic mass is 9.89. The van der Waals surface area contributed by atoms with Gasteiger partial charge in [0.2, 0.25) is 0 Å². The second-order valence-corrected chi connectivity index (χ2v) is 6.48. The van der Waals surface area contributed by atoms with Gasteiger partial charge in [0.1, 0.15) is 0 Å². The minimum absolute atomic E-state index is 0.530. The van der Waals surface area contributed by atoms with Crippen LogP contribution in [0.25, 0.3) is 0 Å². The quantitative estimate of drug-likeness (QED) is 0.300. The third-order valence-electron chi connectivity index (χ3n) is 3.19. The first kappa shape index (κ1) is 16.7. The van der Waals surface area contributed by atoms with E-state index in [-0.39, 0.29) is 0 Å². The van der Waals surface area contributed by atoms with Crippen LogP contribution in [0.3, 0.4) is 0 Å². The molecule has 0 heteroatoms. The molecule has 102 valence electrons. The van der Waals surface area contributed by atoms with Crippen molar-refractivity contribution >= 4 is 0 Å². The molecular weight excluding hydrogens is 204 g/mol. The van der Waals surface area contributed by atoms with E-state index in [4.69, 9.17) is 0 Å². The molecule has 0 unspecified atom stereocenters. The molecule has 0 aliphatic carbocycles. The fraction of sp³-hybridized carbons (Fsp3) is 0.882. The number of hydrogen-bond acceptors (Lipinski definition) is 0. The first-order valence-electron chi connectivity index (χ1n) is 7.71. The van der Waals surface area contributed by atoms with Gasteiger partial charge in [-0.25, -0.2) is 0 Å². The highest BCUT2D eigenvalue weighted by Gasteiger charge is 2.08. The van der Waals surface area contributed by atoms with Gasteiger partial charge in [0.25, 0.3) is 0 Å². The molecule has 0 saturated carbocycles. The Morgan fingerprint density at radius 3 is 1.82 bits per heavy atom. The lowest BCUT2D eigenvalue weighted by Gasteiger charge is -2.17. The van der Waals surface area contributed by atoms with Crippen LogP contribution in [0.4, 0.5) is 0 Å². The lowest BCUT2D eigenvalue weighted by molar-refractivity contribution is 0.356. The van der Waals surface area contributed by atoms with Crippen LogP contribution < -0.4 is 0 Å². The number of unbranched alkanes of at least 4 members (excludes halogenated alkanes) is 7. The minimum Gasteiger partial charge on any atom is -0.0885 e. The van der Waals surface area contributed by atoms with Gasteiger partial charge in [0.15, 0.2) is 0 Å². The van der Waals surface area contributed by atoms with Crippen LogP contribution in [0.5, 0.6) is 0 Å². The number of rotatable bonds is 10. The Labute approximate surface area is 110 Å². The van der Waals surface area contributed by atoms with Gasteiger partial charge in [-0.1, -0.05) is 78.4 Å². The maximum absolute atomic E-state index is 2.38. The number of hydrogen-bond donors (Lipinski definition) is 0. The molecule has 0 amide bonds. The molecular formula is C17H34.